The van der Waals surface area contributed by atoms with Crippen molar-refractivity contribution in [1.29, 1.82) is 0 Å². The second-order valence-electron chi connectivity index (χ2n) is 9.89. The molecular formula is C32H32N2O5S. The number of aliphatic hydroxyl groups is 1. The highest BCUT2D eigenvalue weighted by molar-refractivity contribution is 7.22. The van der Waals surface area contributed by atoms with Gasteiger partial charge in [0.1, 0.15) is 17.3 Å². The number of rotatable bonds is 9. The highest BCUT2D eigenvalue weighted by Crippen LogP contribution is 2.45. The molecule has 2 heterocycles. The summed E-state index contributed by atoms with van der Waals surface area (Å²) in [4.78, 5) is 33.4. The van der Waals surface area contributed by atoms with E-state index in [0.29, 0.717) is 41.0 Å². The number of ketones is 1. The van der Waals surface area contributed by atoms with Crippen molar-refractivity contribution in [2.24, 2.45) is 0 Å². The van der Waals surface area contributed by atoms with E-state index in [-0.39, 0.29) is 11.3 Å². The third-order valence-electron chi connectivity index (χ3n) is 6.72. The summed E-state index contributed by atoms with van der Waals surface area (Å²) in [5, 5.41) is 11.9. The van der Waals surface area contributed by atoms with Gasteiger partial charge in [-0.3, -0.25) is 14.5 Å². The molecule has 1 amide bonds. The van der Waals surface area contributed by atoms with Crippen molar-refractivity contribution in [3.05, 3.63) is 88.5 Å². The monoisotopic (exact) mass is 556 g/mol. The van der Waals surface area contributed by atoms with E-state index in [1.165, 1.54) is 16.2 Å². The van der Waals surface area contributed by atoms with Crippen LogP contribution < -0.4 is 14.4 Å². The Balaban J connectivity index is 1.66. The van der Waals surface area contributed by atoms with Crippen LogP contribution in [0.3, 0.4) is 0 Å². The molecule has 1 unspecified atom stereocenters. The lowest BCUT2D eigenvalue weighted by atomic mass is 9.95. The molecule has 0 aliphatic carbocycles. The van der Waals surface area contributed by atoms with E-state index in [2.05, 4.69) is 0 Å². The van der Waals surface area contributed by atoms with E-state index in [0.717, 1.165) is 34.2 Å². The van der Waals surface area contributed by atoms with Gasteiger partial charge in [-0.15, -0.1) is 0 Å². The lowest BCUT2D eigenvalue weighted by molar-refractivity contribution is -0.132. The maximum atomic E-state index is 13.6. The van der Waals surface area contributed by atoms with Gasteiger partial charge in [-0.05, 0) is 73.7 Å². The zero-order valence-corrected chi connectivity index (χ0v) is 23.9. The fourth-order valence-corrected chi connectivity index (χ4v) is 6.05. The van der Waals surface area contributed by atoms with Crippen LogP contribution in [0.15, 0.2) is 66.2 Å². The average Bonchev–Trinajstić information content (AvgIpc) is 3.49. The molecule has 1 aliphatic rings. The number of thiazole rings is 1. The number of carbonyl (C=O) groups is 2. The SMILES string of the molecule is CCCOc1ccc(C2/C(=C(\O)c3cccc(OCCC)c3)C(=O)C(=O)N2c2nc3c(C)cc(C)cc3s2)cc1. The first-order valence-electron chi connectivity index (χ1n) is 13.5. The fourth-order valence-electron chi connectivity index (χ4n) is 4.88. The predicted octanol–water partition coefficient (Wildman–Crippen LogP) is 7.12. The van der Waals surface area contributed by atoms with Crippen molar-refractivity contribution in [3.63, 3.8) is 0 Å². The van der Waals surface area contributed by atoms with Crippen LogP contribution in [0.1, 0.15) is 55.0 Å². The van der Waals surface area contributed by atoms with Gasteiger partial charge in [-0.1, -0.05) is 55.5 Å². The van der Waals surface area contributed by atoms with Crippen molar-refractivity contribution in [2.45, 2.75) is 46.6 Å². The van der Waals surface area contributed by atoms with Crippen LogP contribution in [0, 0.1) is 13.8 Å². The van der Waals surface area contributed by atoms with Crippen molar-refractivity contribution in [2.75, 3.05) is 18.1 Å². The number of hydrogen-bond donors (Lipinski definition) is 1. The molecule has 206 valence electrons. The van der Waals surface area contributed by atoms with Crippen molar-refractivity contribution in [1.82, 2.24) is 4.98 Å². The molecule has 1 aromatic heterocycles. The summed E-state index contributed by atoms with van der Waals surface area (Å²) in [6.45, 7) is 9.14. The van der Waals surface area contributed by atoms with Gasteiger partial charge < -0.3 is 14.6 Å². The van der Waals surface area contributed by atoms with E-state index in [1.807, 2.05) is 64.1 Å². The van der Waals surface area contributed by atoms with Crippen LogP contribution in [-0.4, -0.2) is 35.0 Å². The van der Waals surface area contributed by atoms with Gasteiger partial charge in [-0.25, -0.2) is 4.98 Å². The lowest BCUT2D eigenvalue weighted by Gasteiger charge is -2.23. The number of hydrogen-bond acceptors (Lipinski definition) is 7. The molecule has 1 atom stereocenters. The van der Waals surface area contributed by atoms with Crippen LogP contribution in [0.5, 0.6) is 11.5 Å². The predicted molar refractivity (Wildman–Crippen MR) is 158 cm³/mol. The first-order chi connectivity index (χ1) is 19.3. The van der Waals surface area contributed by atoms with Crippen molar-refractivity contribution >= 4 is 44.1 Å². The zero-order valence-electron chi connectivity index (χ0n) is 23.1. The van der Waals surface area contributed by atoms with Crippen LogP contribution >= 0.6 is 11.3 Å². The number of carbonyl (C=O) groups excluding carboxylic acids is 2. The van der Waals surface area contributed by atoms with Crippen molar-refractivity contribution < 1.29 is 24.2 Å². The fraction of sp³-hybridized carbons (Fsp3) is 0.281. The maximum absolute atomic E-state index is 13.6. The number of benzene rings is 3. The molecule has 3 aromatic carbocycles. The Labute approximate surface area is 237 Å². The first kappa shape index (κ1) is 27.4. The number of anilines is 1. The van der Waals surface area contributed by atoms with Crippen LogP contribution in [0.2, 0.25) is 0 Å². The molecule has 8 heteroatoms. The van der Waals surface area contributed by atoms with Gasteiger partial charge in [0.05, 0.1) is 35.0 Å². The van der Waals surface area contributed by atoms with E-state index in [1.54, 1.807) is 24.3 Å². The minimum absolute atomic E-state index is 0.00651. The number of fused-ring (bicyclic) bond motifs is 1. The Bertz CT molecular complexity index is 1610. The zero-order chi connectivity index (χ0) is 28.4. The third kappa shape index (κ3) is 5.19. The van der Waals surface area contributed by atoms with Crippen LogP contribution in [0.25, 0.3) is 16.0 Å². The topological polar surface area (TPSA) is 89.0 Å². The lowest BCUT2D eigenvalue weighted by Crippen LogP contribution is -2.29. The van der Waals surface area contributed by atoms with Crippen LogP contribution in [0.4, 0.5) is 5.13 Å². The summed E-state index contributed by atoms with van der Waals surface area (Å²) in [5.74, 6) is -0.488. The molecule has 1 N–H and O–H groups in total. The molecule has 5 rings (SSSR count). The Kier molecular flexibility index (Phi) is 7.89. The molecular weight excluding hydrogens is 524 g/mol. The molecule has 0 spiro atoms. The number of nitrogens with zero attached hydrogens (tertiary/aromatic N) is 2. The van der Waals surface area contributed by atoms with E-state index < -0.39 is 17.7 Å². The average molecular weight is 557 g/mol. The smallest absolute Gasteiger partial charge is 0.301 e. The number of amides is 1. The van der Waals surface area contributed by atoms with Gasteiger partial charge in [0.25, 0.3) is 5.78 Å². The highest BCUT2D eigenvalue weighted by atomic mass is 32.1. The first-order valence-corrected chi connectivity index (χ1v) is 14.3. The molecule has 4 aromatic rings. The molecule has 0 saturated carbocycles. The van der Waals surface area contributed by atoms with E-state index >= 15 is 0 Å². The number of aromatic nitrogens is 1. The number of ether oxygens (including phenoxy) is 2. The molecule has 1 aliphatic heterocycles. The molecule has 7 nitrogen and oxygen atoms in total. The van der Waals surface area contributed by atoms with Crippen molar-refractivity contribution in [3.8, 4) is 11.5 Å². The summed E-state index contributed by atoms with van der Waals surface area (Å²) in [5.41, 5.74) is 3.94. The van der Waals surface area contributed by atoms with Gasteiger partial charge >= 0.3 is 5.91 Å². The molecule has 40 heavy (non-hydrogen) atoms. The Morgan fingerprint density at radius 3 is 2.35 bits per heavy atom. The summed E-state index contributed by atoms with van der Waals surface area (Å²) in [6.07, 6.45) is 1.71. The molecule has 0 radical (unpaired) electrons. The van der Waals surface area contributed by atoms with Gasteiger partial charge in [0, 0.05) is 5.56 Å². The van der Waals surface area contributed by atoms with Gasteiger partial charge in [0.15, 0.2) is 5.13 Å². The largest absolute Gasteiger partial charge is 0.507 e. The minimum atomic E-state index is -0.873. The summed E-state index contributed by atoms with van der Waals surface area (Å²) >= 11 is 1.36. The maximum Gasteiger partial charge on any atom is 0.301 e. The Hall–Kier alpha value is -4.17. The van der Waals surface area contributed by atoms with E-state index in [9.17, 15) is 14.7 Å². The number of Topliss-reactive ketones (excluding diaryl/α,β-unsaturated/α-hetero) is 1. The number of aliphatic hydroxyl groups excluding tert-OH is 1. The number of aryl methyl sites for hydroxylation is 2. The quantitative estimate of drug-likeness (QED) is 0.134. The van der Waals surface area contributed by atoms with Gasteiger partial charge in [0.2, 0.25) is 0 Å². The highest BCUT2D eigenvalue weighted by Gasteiger charge is 2.48. The standard InChI is InChI=1S/C32H32N2O5S/c1-5-14-38-23-12-10-21(11-13-23)28-26(29(35)22-8-7-9-24(18-22)39-15-6-2)30(36)31(37)34(28)32-33-27-20(4)16-19(3)17-25(27)40-32/h7-13,16-18,28,35H,5-6,14-15H2,1-4H3/b29-26+. The second-order valence-corrected chi connectivity index (χ2v) is 10.9. The Morgan fingerprint density at radius 1 is 0.950 bits per heavy atom. The summed E-state index contributed by atoms with van der Waals surface area (Å²) in [6, 6.07) is 17.4. The minimum Gasteiger partial charge on any atom is -0.507 e. The van der Waals surface area contributed by atoms with E-state index in [4.69, 9.17) is 14.5 Å². The summed E-state index contributed by atoms with van der Waals surface area (Å²) in [7, 11) is 0. The van der Waals surface area contributed by atoms with Gasteiger partial charge in [-0.2, -0.15) is 0 Å². The Morgan fingerprint density at radius 2 is 1.65 bits per heavy atom. The summed E-state index contributed by atoms with van der Waals surface area (Å²) < 4.78 is 12.4. The molecule has 0 bridgehead atoms. The second kappa shape index (κ2) is 11.5. The normalized spacial score (nSPS) is 16.6. The molecule has 1 saturated heterocycles. The van der Waals surface area contributed by atoms with Crippen LogP contribution in [-0.2, 0) is 9.59 Å². The third-order valence-corrected chi connectivity index (χ3v) is 7.72. The molecule has 1 fully saturated rings.